The molecule has 1 aromatic heterocycles. The van der Waals surface area contributed by atoms with E-state index in [2.05, 4.69) is 42.5 Å². The van der Waals surface area contributed by atoms with Crippen LogP contribution in [0.25, 0.3) is 10.9 Å². The number of nitrogens with one attached hydrogen (secondary N) is 3. The van der Waals surface area contributed by atoms with Gasteiger partial charge in [0.05, 0.1) is 11.6 Å². The molecule has 0 bridgehead atoms. The average molecular weight is 450 g/mol. The van der Waals surface area contributed by atoms with E-state index in [1.54, 1.807) is 12.1 Å². The molecule has 4 rings (SSSR count). The molecule has 176 valence electrons. The number of hydrogen-bond acceptors (Lipinski definition) is 4. The van der Waals surface area contributed by atoms with Crippen LogP contribution < -0.4 is 15.4 Å². The van der Waals surface area contributed by atoms with Crippen molar-refractivity contribution in [1.82, 2.24) is 10.3 Å². The molecule has 0 unspecified atom stereocenters. The van der Waals surface area contributed by atoms with Crippen molar-refractivity contribution in [3.63, 3.8) is 0 Å². The van der Waals surface area contributed by atoms with Gasteiger partial charge in [0.1, 0.15) is 12.4 Å². The minimum Gasteiger partial charge on any atom is -0.491 e. The smallest absolute Gasteiger partial charge is 0.255 e. The summed E-state index contributed by atoms with van der Waals surface area (Å²) >= 11 is 0. The molecule has 33 heavy (non-hydrogen) atoms. The van der Waals surface area contributed by atoms with Gasteiger partial charge >= 0.3 is 0 Å². The Balaban J connectivity index is 1.42. The lowest BCUT2D eigenvalue weighted by Gasteiger charge is -2.12. The van der Waals surface area contributed by atoms with Crippen molar-refractivity contribution in [2.45, 2.75) is 53.2 Å². The molecular weight excluding hydrogens is 414 g/mol. The normalized spacial score (nSPS) is 16.0. The van der Waals surface area contributed by atoms with Crippen molar-refractivity contribution in [1.29, 1.82) is 0 Å². The molecule has 0 spiro atoms. The molecule has 0 aliphatic carbocycles. The van der Waals surface area contributed by atoms with E-state index < -0.39 is 0 Å². The van der Waals surface area contributed by atoms with E-state index in [0.717, 1.165) is 55.1 Å². The fourth-order valence-corrected chi connectivity index (χ4v) is 4.25. The van der Waals surface area contributed by atoms with E-state index in [9.17, 15) is 4.79 Å². The number of rotatable bonds is 9. The van der Waals surface area contributed by atoms with Crippen LogP contribution in [-0.2, 0) is 11.3 Å². The first kappa shape index (κ1) is 23.3. The standard InChI is InChI=1S/C27H35N3O3/c1-17(2)14-28-15-25-18(3)23-11-12-24(19(4)26(23)29-25)30-27(31)20-7-9-21(10-8-20)33-16-22-6-5-13-32-22/h7-12,17,22,28-29H,5-6,13-16H2,1-4H3,(H,30,31)/t22-/m0/s1. The molecule has 6 nitrogen and oxygen atoms in total. The molecule has 3 aromatic rings. The monoisotopic (exact) mass is 449 g/mol. The first-order chi connectivity index (χ1) is 15.9. The van der Waals surface area contributed by atoms with Crippen LogP contribution in [0.2, 0.25) is 0 Å². The third-order valence-electron chi connectivity index (χ3n) is 6.28. The molecule has 2 aromatic carbocycles. The van der Waals surface area contributed by atoms with E-state index >= 15 is 0 Å². The van der Waals surface area contributed by atoms with Crippen molar-refractivity contribution >= 4 is 22.5 Å². The Kier molecular flexibility index (Phi) is 7.36. The summed E-state index contributed by atoms with van der Waals surface area (Å²) in [4.78, 5) is 16.4. The van der Waals surface area contributed by atoms with Gasteiger partial charge in [-0.1, -0.05) is 19.9 Å². The zero-order valence-corrected chi connectivity index (χ0v) is 20.1. The molecule has 6 heteroatoms. The van der Waals surface area contributed by atoms with Crippen LogP contribution >= 0.6 is 0 Å². The zero-order chi connectivity index (χ0) is 23.4. The fourth-order valence-electron chi connectivity index (χ4n) is 4.25. The summed E-state index contributed by atoms with van der Waals surface area (Å²) in [6.07, 6.45) is 2.31. The molecule has 1 amide bonds. The third kappa shape index (κ3) is 5.57. The van der Waals surface area contributed by atoms with E-state index in [0.29, 0.717) is 18.1 Å². The molecule has 1 aliphatic heterocycles. The predicted octanol–water partition coefficient (Wildman–Crippen LogP) is 5.34. The highest BCUT2D eigenvalue weighted by molar-refractivity contribution is 6.06. The van der Waals surface area contributed by atoms with Gasteiger partial charge in [0.2, 0.25) is 0 Å². The van der Waals surface area contributed by atoms with E-state index in [-0.39, 0.29) is 12.0 Å². The van der Waals surface area contributed by atoms with E-state index in [1.807, 2.05) is 25.1 Å². The number of H-pyrrole nitrogens is 1. The lowest BCUT2D eigenvalue weighted by atomic mass is 10.1. The Bertz CT molecular complexity index is 1100. The van der Waals surface area contributed by atoms with Crippen molar-refractivity contribution < 1.29 is 14.3 Å². The Morgan fingerprint density at radius 1 is 1.15 bits per heavy atom. The number of carbonyl (C=O) groups is 1. The number of anilines is 1. The van der Waals surface area contributed by atoms with Gasteiger partial charge in [-0.05, 0) is 80.6 Å². The van der Waals surface area contributed by atoms with E-state index in [4.69, 9.17) is 9.47 Å². The van der Waals surface area contributed by atoms with E-state index in [1.165, 1.54) is 16.6 Å². The minimum atomic E-state index is -0.134. The first-order valence-electron chi connectivity index (χ1n) is 11.9. The number of ether oxygens (including phenoxy) is 2. The average Bonchev–Trinajstić information content (AvgIpc) is 3.43. The zero-order valence-electron chi connectivity index (χ0n) is 20.1. The first-order valence-corrected chi connectivity index (χ1v) is 11.9. The summed E-state index contributed by atoms with van der Waals surface area (Å²) < 4.78 is 11.4. The fraction of sp³-hybridized carbons (Fsp3) is 0.444. The largest absolute Gasteiger partial charge is 0.491 e. The van der Waals surface area contributed by atoms with Crippen LogP contribution in [0.15, 0.2) is 36.4 Å². The van der Waals surface area contributed by atoms with Gasteiger partial charge in [-0.25, -0.2) is 0 Å². The molecule has 0 radical (unpaired) electrons. The summed E-state index contributed by atoms with van der Waals surface area (Å²) in [5.74, 6) is 1.23. The number of aromatic amines is 1. The number of amides is 1. The van der Waals surface area contributed by atoms with Crippen molar-refractivity contribution in [3.8, 4) is 5.75 Å². The lowest BCUT2D eigenvalue weighted by Crippen LogP contribution is -2.19. The number of hydrogen-bond donors (Lipinski definition) is 3. The second kappa shape index (κ2) is 10.4. The van der Waals surface area contributed by atoms with Crippen molar-refractivity contribution in [2.75, 3.05) is 25.1 Å². The third-order valence-corrected chi connectivity index (χ3v) is 6.28. The second-order valence-electron chi connectivity index (χ2n) is 9.34. The van der Waals surface area contributed by atoms with Crippen LogP contribution in [-0.4, -0.2) is 36.8 Å². The molecule has 0 saturated carbocycles. The van der Waals surface area contributed by atoms with Gasteiger partial charge in [0, 0.05) is 35.5 Å². The van der Waals surface area contributed by atoms with Gasteiger partial charge in [0.25, 0.3) is 5.91 Å². The summed E-state index contributed by atoms with van der Waals surface area (Å²) in [5, 5.41) is 7.76. The topological polar surface area (TPSA) is 75.4 Å². The van der Waals surface area contributed by atoms with Crippen LogP contribution in [0.1, 0.15) is 53.9 Å². The molecular formula is C27H35N3O3. The number of carbonyl (C=O) groups excluding carboxylic acids is 1. The Morgan fingerprint density at radius 2 is 1.94 bits per heavy atom. The number of aryl methyl sites for hydroxylation is 2. The van der Waals surface area contributed by atoms with Crippen molar-refractivity contribution in [3.05, 3.63) is 58.8 Å². The van der Waals surface area contributed by atoms with Crippen LogP contribution in [0.5, 0.6) is 5.75 Å². The summed E-state index contributed by atoms with van der Waals surface area (Å²) in [5.41, 5.74) is 5.96. The SMILES string of the molecule is Cc1c(CNCC(C)C)[nH]c2c(C)c(NC(=O)c3ccc(OC[C@@H]4CCCO4)cc3)ccc12. The maximum absolute atomic E-state index is 12.9. The van der Waals surface area contributed by atoms with Crippen LogP contribution in [0.3, 0.4) is 0 Å². The lowest BCUT2D eigenvalue weighted by molar-refractivity contribution is 0.0679. The molecule has 1 saturated heterocycles. The number of fused-ring (bicyclic) bond motifs is 1. The molecule has 3 N–H and O–H groups in total. The highest BCUT2D eigenvalue weighted by Gasteiger charge is 2.17. The van der Waals surface area contributed by atoms with Gasteiger partial charge in [0.15, 0.2) is 0 Å². The van der Waals surface area contributed by atoms with Crippen molar-refractivity contribution in [2.24, 2.45) is 5.92 Å². The Hall–Kier alpha value is -2.83. The predicted molar refractivity (Wildman–Crippen MR) is 133 cm³/mol. The minimum absolute atomic E-state index is 0.134. The summed E-state index contributed by atoms with van der Waals surface area (Å²) in [6.45, 7) is 11.7. The van der Waals surface area contributed by atoms with Gasteiger partial charge in [-0.2, -0.15) is 0 Å². The maximum atomic E-state index is 12.9. The summed E-state index contributed by atoms with van der Waals surface area (Å²) in [7, 11) is 0. The summed E-state index contributed by atoms with van der Waals surface area (Å²) in [6, 6.07) is 11.3. The molecule has 1 fully saturated rings. The molecule has 2 heterocycles. The Labute approximate surface area is 196 Å². The van der Waals surface area contributed by atoms with Crippen LogP contribution in [0.4, 0.5) is 5.69 Å². The van der Waals surface area contributed by atoms with Gasteiger partial charge in [-0.15, -0.1) is 0 Å². The molecule has 1 atom stereocenters. The Morgan fingerprint density at radius 3 is 2.64 bits per heavy atom. The van der Waals surface area contributed by atoms with Gasteiger partial charge in [-0.3, -0.25) is 4.79 Å². The highest BCUT2D eigenvalue weighted by atomic mass is 16.5. The van der Waals surface area contributed by atoms with Crippen LogP contribution in [0, 0.1) is 19.8 Å². The molecule has 1 aliphatic rings. The second-order valence-corrected chi connectivity index (χ2v) is 9.34. The highest BCUT2D eigenvalue weighted by Crippen LogP contribution is 2.29. The number of aromatic nitrogens is 1. The van der Waals surface area contributed by atoms with Gasteiger partial charge < -0.3 is 25.1 Å². The number of benzene rings is 2. The quantitative estimate of drug-likeness (QED) is 0.412. The maximum Gasteiger partial charge on any atom is 0.255 e.